The summed E-state index contributed by atoms with van der Waals surface area (Å²) in [7, 11) is -2.61. The molecular formula is C26H30N4O9S. The average Bonchev–Trinajstić information content (AvgIpc) is 2.91. The lowest BCUT2D eigenvalue weighted by molar-refractivity contribution is -0.135. The lowest BCUT2D eigenvalue weighted by Crippen LogP contribution is -2.30. The lowest BCUT2D eigenvalue weighted by atomic mass is 9.87. The van der Waals surface area contributed by atoms with Gasteiger partial charge in [-0.25, -0.2) is 18.2 Å². The van der Waals surface area contributed by atoms with Gasteiger partial charge in [0.2, 0.25) is 5.75 Å². The van der Waals surface area contributed by atoms with Gasteiger partial charge in [-0.2, -0.15) is 4.98 Å². The number of hydrogen-bond acceptors (Lipinski definition) is 10. The van der Waals surface area contributed by atoms with Crippen LogP contribution in [-0.4, -0.2) is 62.4 Å². The summed E-state index contributed by atoms with van der Waals surface area (Å²) in [5.41, 5.74) is 0.803. The number of nitrogens with zero attached hydrogens (tertiary/aromatic N) is 2. The molecule has 0 spiro atoms. The highest BCUT2D eigenvalue weighted by atomic mass is 32.2. The molecule has 2 aromatic carbocycles. The number of nitrogens with one attached hydrogen (secondary N) is 2. The fraction of sp³-hybridized carbons (Fsp3) is 0.308. The molecule has 3 N–H and O–H groups in total. The van der Waals surface area contributed by atoms with Crippen molar-refractivity contribution in [2.45, 2.75) is 31.1 Å². The molecule has 1 amide bonds. The maximum atomic E-state index is 13.2. The van der Waals surface area contributed by atoms with E-state index in [1.165, 1.54) is 19.2 Å². The number of sulfonamides is 1. The van der Waals surface area contributed by atoms with Crippen LogP contribution >= 0.6 is 0 Å². The number of ether oxygens (including phenoxy) is 4. The van der Waals surface area contributed by atoms with Crippen molar-refractivity contribution in [2.75, 3.05) is 31.6 Å². The molecule has 13 nitrogen and oxygen atoms in total. The van der Waals surface area contributed by atoms with Crippen molar-refractivity contribution in [1.82, 2.24) is 15.3 Å². The molecule has 0 fully saturated rings. The molecule has 0 saturated carbocycles. The second kappa shape index (κ2) is 13.0. The van der Waals surface area contributed by atoms with Gasteiger partial charge in [-0.3, -0.25) is 9.52 Å². The lowest BCUT2D eigenvalue weighted by Gasteiger charge is -2.19. The summed E-state index contributed by atoms with van der Waals surface area (Å²) < 4.78 is 50.5. The van der Waals surface area contributed by atoms with E-state index in [0.717, 1.165) is 11.9 Å². The van der Waals surface area contributed by atoms with Crippen molar-refractivity contribution in [3.63, 3.8) is 0 Å². The van der Waals surface area contributed by atoms with Gasteiger partial charge in [0, 0.05) is 6.07 Å². The number of alkyl carbamates (subject to hydrolysis) is 1. The van der Waals surface area contributed by atoms with Crippen LogP contribution < -0.4 is 24.2 Å². The number of hydrogen-bond donors (Lipinski definition) is 3. The van der Waals surface area contributed by atoms with E-state index >= 15 is 0 Å². The smallest absolute Gasteiger partial charge is 0.407 e. The molecule has 40 heavy (non-hydrogen) atoms. The minimum absolute atomic E-state index is 0.00897. The van der Waals surface area contributed by atoms with Crippen LogP contribution in [0.1, 0.15) is 26.3 Å². The zero-order valence-electron chi connectivity index (χ0n) is 22.3. The monoisotopic (exact) mass is 574 g/mol. The number of methoxy groups -OCH3 is 1. The first-order valence-corrected chi connectivity index (χ1v) is 13.4. The van der Waals surface area contributed by atoms with Crippen molar-refractivity contribution in [3.05, 3.63) is 60.4 Å². The highest BCUT2D eigenvalue weighted by molar-refractivity contribution is 7.92. The van der Waals surface area contributed by atoms with Crippen LogP contribution in [0.3, 0.4) is 0 Å². The SMILES string of the molecule is COc1cccc(Oc2c(NS(=O)(=O)c3ccc(C(C)(C)C)cc3)ncnc2OCCOC(=O)NCC(=O)O)c1. The van der Waals surface area contributed by atoms with Crippen molar-refractivity contribution in [3.8, 4) is 23.1 Å². The van der Waals surface area contributed by atoms with E-state index in [2.05, 4.69) is 14.7 Å². The predicted octanol–water partition coefficient (Wildman–Crippen LogP) is 3.57. The van der Waals surface area contributed by atoms with Crippen LogP contribution in [0.2, 0.25) is 0 Å². The molecule has 0 bridgehead atoms. The van der Waals surface area contributed by atoms with Crippen molar-refractivity contribution in [2.24, 2.45) is 0 Å². The van der Waals surface area contributed by atoms with Crippen LogP contribution in [0.15, 0.2) is 59.8 Å². The summed E-state index contributed by atoms with van der Waals surface area (Å²) in [6.45, 7) is 4.97. The molecule has 1 aromatic heterocycles. The van der Waals surface area contributed by atoms with E-state index in [-0.39, 0.29) is 46.7 Å². The fourth-order valence-corrected chi connectivity index (χ4v) is 4.21. The van der Waals surface area contributed by atoms with Gasteiger partial charge in [0.05, 0.1) is 12.0 Å². The summed E-state index contributed by atoms with van der Waals surface area (Å²) in [5, 5.41) is 10.7. The van der Waals surface area contributed by atoms with Crippen molar-refractivity contribution >= 4 is 27.9 Å². The number of benzene rings is 2. The highest BCUT2D eigenvalue weighted by Crippen LogP contribution is 2.37. The maximum Gasteiger partial charge on any atom is 0.407 e. The molecule has 0 aliphatic carbocycles. The number of aromatic nitrogens is 2. The molecule has 3 aromatic rings. The molecular weight excluding hydrogens is 544 g/mol. The van der Waals surface area contributed by atoms with E-state index in [9.17, 15) is 18.0 Å². The van der Waals surface area contributed by atoms with Gasteiger partial charge in [-0.1, -0.05) is 39.0 Å². The number of carboxylic acid groups (broad SMARTS) is 1. The standard InChI is InChI=1S/C26H30N4O9S/c1-26(2,3)17-8-10-20(11-9-17)40(34,35)30-23-22(39-19-7-5-6-18(14-19)36-4)24(29-16-28-23)37-12-13-38-25(33)27-15-21(31)32/h5-11,14,16H,12-13,15H2,1-4H3,(H,27,33)(H,31,32)(H,28,29,30). The topological polar surface area (TPSA) is 175 Å². The Kier molecular flexibility index (Phi) is 9.72. The van der Waals surface area contributed by atoms with Gasteiger partial charge in [-0.15, -0.1) is 0 Å². The van der Waals surface area contributed by atoms with Crippen molar-refractivity contribution in [1.29, 1.82) is 0 Å². The number of carbonyl (C=O) groups excluding carboxylic acids is 1. The van der Waals surface area contributed by atoms with Crippen LogP contribution in [0.25, 0.3) is 0 Å². The van der Waals surface area contributed by atoms with Gasteiger partial charge in [0.15, 0.2) is 5.82 Å². The molecule has 0 atom stereocenters. The Balaban J connectivity index is 1.85. The molecule has 0 radical (unpaired) electrons. The number of anilines is 1. The Hall–Kier alpha value is -4.59. The van der Waals surface area contributed by atoms with Crippen LogP contribution in [-0.2, 0) is 25.0 Å². The third-order valence-corrected chi connectivity index (χ3v) is 6.59. The third-order valence-electron chi connectivity index (χ3n) is 5.23. The summed E-state index contributed by atoms with van der Waals surface area (Å²) in [6.07, 6.45) is 0.127. The summed E-state index contributed by atoms with van der Waals surface area (Å²) in [6, 6.07) is 13.0. The van der Waals surface area contributed by atoms with Gasteiger partial charge in [0.25, 0.3) is 15.9 Å². The van der Waals surface area contributed by atoms with Crippen LogP contribution in [0.4, 0.5) is 10.6 Å². The number of rotatable bonds is 12. The minimum Gasteiger partial charge on any atom is -0.497 e. The van der Waals surface area contributed by atoms with Crippen LogP contribution in [0.5, 0.6) is 23.1 Å². The summed E-state index contributed by atoms with van der Waals surface area (Å²) in [4.78, 5) is 30.2. The average molecular weight is 575 g/mol. The summed E-state index contributed by atoms with van der Waals surface area (Å²) >= 11 is 0. The number of aliphatic carboxylic acids is 1. The first-order chi connectivity index (χ1) is 18.9. The summed E-state index contributed by atoms with van der Waals surface area (Å²) in [5.74, 6) is -0.965. The van der Waals surface area contributed by atoms with E-state index in [1.54, 1.807) is 36.4 Å². The van der Waals surface area contributed by atoms with Gasteiger partial charge >= 0.3 is 12.1 Å². The normalized spacial score (nSPS) is 11.3. The molecule has 3 rings (SSSR count). The highest BCUT2D eigenvalue weighted by Gasteiger charge is 2.23. The quantitative estimate of drug-likeness (QED) is 0.270. The van der Waals surface area contributed by atoms with E-state index in [0.29, 0.717) is 5.75 Å². The number of carbonyl (C=O) groups is 2. The second-order valence-electron chi connectivity index (χ2n) is 9.25. The van der Waals surface area contributed by atoms with Crippen molar-refractivity contribution < 1.29 is 42.1 Å². The first kappa shape index (κ1) is 30.0. The Morgan fingerprint density at radius 1 is 1.00 bits per heavy atom. The first-order valence-electron chi connectivity index (χ1n) is 11.9. The fourth-order valence-electron chi connectivity index (χ4n) is 3.20. The molecule has 1 heterocycles. The zero-order valence-corrected chi connectivity index (χ0v) is 23.1. The Morgan fingerprint density at radius 3 is 2.35 bits per heavy atom. The van der Waals surface area contributed by atoms with E-state index in [4.69, 9.17) is 24.1 Å². The Labute approximate surface area is 231 Å². The zero-order chi connectivity index (χ0) is 29.3. The van der Waals surface area contributed by atoms with E-state index < -0.39 is 28.6 Å². The van der Waals surface area contributed by atoms with Crippen LogP contribution in [0, 0.1) is 0 Å². The predicted molar refractivity (Wildman–Crippen MR) is 144 cm³/mol. The molecule has 14 heteroatoms. The van der Waals surface area contributed by atoms with E-state index in [1.807, 2.05) is 26.1 Å². The van der Waals surface area contributed by atoms with Gasteiger partial charge < -0.3 is 29.4 Å². The third kappa shape index (κ3) is 8.46. The molecule has 0 saturated heterocycles. The minimum atomic E-state index is -4.10. The largest absolute Gasteiger partial charge is 0.497 e. The number of carboxylic acids is 1. The second-order valence-corrected chi connectivity index (χ2v) is 10.9. The molecule has 0 aliphatic heterocycles. The Bertz CT molecular complexity index is 1440. The molecule has 0 unspecified atom stereocenters. The number of amides is 1. The van der Waals surface area contributed by atoms with Gasteiger partial charge in [0.1, 0.15) is 37.6 Å². The van der Waals surface area contributed by atoms with Gasteiger partial charge in [-0.05, 0) is 35.2 Å². The maximum absolute atomic E-state index is 13.2. The molecule has 0 aliphatic rings. The Morgan fingerprint density at radius 2 is 1.70 bits per heavy atom. The molecule has 214 valence electrons.